The molecule has 0 heterocycles. The predicted octanol–water partition coefficient (Wildman–Crippen LogP) is 4.84. The van der Waals surface area contributed by atoms with Gasteiger partial charge >= 0.3 is 5.97 Å². The molecular weight excluding hydrogens is 348 g/mol. The lowest BCUT2D eigenvalue weighted by molar-refractivity contribution is -0.174. The Kier molecular flexibility index (Phi) is 4.27. The molecule has 0 spiro atoms. The van der Waals surface area contributed by atoms with Crippen LogP contribution in [0.3, 0.4) is 0 Å². The summed E-state index contributed by atoms with van der Waals surface area (Å²) in [5.41, 5.74) is 0.664. The van der Waals surface area contributed by atoms with Crippen LogP contribution >= 0.6 is 0 Å². The molecule has 0 N–H and O–H groups in total. The molecule has 0 unspecified atom stereocenters. The largest absolute Gasteiger partial charge is 0.445 e. The highest BCUT2D eigenvalue weighted by molar-refractivity contribution is 5.91. The second kappa shape index (κ2) is 6.48. The normalized spacial score (nSPS) is 44.6. The van der Waals surface area contributed by atoms with E-state index in [2.05, 4.69) is 12.8 Å². The minimum absolute atomic E-state index is 0.0480. The summed E-state index contributed by atoms with van der Waals surface area (Å²) in [6, 6.07) is 0. The van der Waals surface area contributed by atoms with Crippen molar-refractivity contribution < 1.29 is 14.3 Å². The first-order valence-electron chi connectivity index (χ1n) is 11.5. The Morgan fingerprint density at radius 3 is 2.68 bits per heavy atom. The third-order valence-electron chi connectivity index (χ3n) is 9.17. The predicted molar refractivity (Wildman–Crippen MR) is 107 cm³/mol. The Balaban J connectivity index is 1.45. The van der Waals surface area contributed by atoms with Gasteiger partial charge in [0.25, 0.3) is 0 Å². The van der Waals surface area contributed by atoms with E-state index in [9.17, 15) is 9.59 Å². The number of ether oxygens (including phenoxy) is 1. The Labute approximate surface area is 168 Å². The van der Waals surface area contributed by atoms with E-state index in [1.165, 1.54) is 12.0 Å². The SMILES string of the molecule is C#C[C@]1(OC(=O)C2CC2)CC[C@H]2[C@@H]3CCC4=CC(=O)CC[C@@H]4[C@H]3CC[C@@]21CC. The zero-order valence-electron chi connectivity index (χ0n) is 17.0. The Hall–Kier alpha value is -1.56. The van der Waals surface area contributed by atoms with Crippen LogP contribution in [0.2, 0.25) is 0 Å². The molecule has 150 valence electrons. The van der Waals surface area contributed by atoms with Crippen LogP contribution in [0.5, 0.6) is 0 Å². The van der Waals surface area contributed by atoms with Crippen molar-refractivity contribution in [2.45, 2.75) is 83.2 Å². The first-order valence-corrected chi connectivity index (χ1v) is 11.5. The number of rotatable bonds is 3. The molecule has 0 radical (unpaired) electrons. The van der Waals surface area contributed by atoms with E-state index in [-0.39, 0.29) is 17.3 Å². The quantitative estimate of drug-likeness (QED) is 0.520. The van der Waals surface area contributed by atoms with E-state index in [0.29, 0.717) is 35.9 Å². The Bertz CT molecular complexity index is 769. The van der Waals surface area contributed by atoms with Gasteiger partial charge in [0.2, 0.25) is 0 Å². The number of fused-ring (bicyclic) bond motifs is 5. The van der Waals surface area contributed by atoms with Gasteiger partial charge in [0.1, 0.15) is 0 Å². The van der Waals surface area contributed by atoms with Gasteiger partial charge in [-0.3, -0.25) is 9.59 Å². The molecule has 6 atom stereocenters. The fourth-order valence-corrected chi connectivity index (χ4v) is 7.69. The van der Waals surface area contributed by atoms with Crippen LogP contribution in [-0.4, -0.2) is 17.4 Å². The molecule has 5 aliphatic rings. The van der Waals surface area contributed by atoms with Gasteiger partial charge < -0.3 is 4.74 Å². The van der Waals surface area contributed by atoms with Crippen LogP contribution < -0.4 is 0 Å². The van der Waals surface area contributed by atoms with Crippen LogP contribution in [-0.2, 0) is 14.3 Å². The third kappa shape index (κ3) is 2.49. The van der Waals surface area contributed by atoms with Crippen molar-refractivity contribution in [3.8, 4) is 12.3 Å². The molecule has 5 rings (SSSR count). The van der Waals surface area contributed by atoms with Crippen molar-refractivity contribution in [2.24, 2.45) is 35.0 Å². The molecule has 0 saturated heterocycles. The molecule has 0 bridgehead atoms. The van der Waals surface area contributed by atoms with Gasteiger partial charge in [-0.05, 0) is 94.0 Å². The number of terminal acetylenes is 1. The summed E-state index contributed by atoms with van der Waals surface area (Å²) in [4.78, 5) is 24.5. The summed E-state index contributed by atoms with van der Waals surface area (Å²) < 4.78 is 6.21. The van der Waals surface area contributed by atoms with E-state index in [1.807, 2.05) is 6.08 Å². The summed E-state index contributed by atoms with van der Waals surface area (Å²) in [6.45, 7) is 2.25. The topological polar surface area (TPSA) is 43.4 Å². The molecule has 3 nitrogen and oxygen atoms in total. The lowest BCUT2D eigenvalue weighted by Crippen LogP contribution is -2.55. The number of carbonyl (C=O) groups is 2. The number of allylic oxidation sites excluding steroid dienone is 1. The molecule has 0 aromatic heterocycles. The van der Waals surface area contributed by atoms with Gasteiger partial charge in [0.05, 0.1) is 5.92 Å². The zero-order valence-corrected chi connectivity index (χ0v) is 17.0. The van der Waals surface area contributed by atoms with Gasteiger partial charge in [0, 0.05) is 11.8 Å². The van der Waals surface area contributed by atoms with Crippen LogP contribution in [0, 0.1) is 47.3 Å². The molecule has 0 aromatic rings. The van der Waals surface area contributed by atoms with E-state index in [0.717, 1.165) is 57.8 Å². The summed E-state index contributed by atoms with van der Waals surface area (Å²) in [5, 5.41) is 0. The standard InChI is InChI=1S/C25H32O3/c1-3-24-13-11-20-19-10-8-18(26)15-17(19)7-9-21(20)22(24)12-14-25(24,4-2)28-23(27)16-5-6-16/h2,15-16,19-22H,3,5-14H2,1H3/t19-,20+,21+,22-,24-,25-/m0/s1. The van der Waals surface area contributed by atoms with Gasteiger partial charge in [0.15, 0.2) is 11.4 Å². The highest BCUT2D eigenvalue weighted by Gasteiger charge is 2.66. The molecule has 4 saturated carbocycles. The average Bonchev–Trinajstić information content (AvgIpc) is 3.51. The fraction of sp³-hybridized carbons (Fsp3) is 0.760. The fourth-order valence-electron chi connectivity index (χ4n) is 7.69. The van der Waals surface area contributed by atoms with Crippen molar-refractivity contribution >= 4 is 11.8 Å². The van der Waals surface area contributed by atoms with Crippen molar-refractivity contribution in [3.63, 3.8) is 0 Å². The molecule has 0 amide bonds. The minimum atomic E-state index is -0.699. The van der Waals surface area contributed by atoms with E-state index in [1.54, 1.807) is 0 Å². The summed E-state index contributed by atoms with van der Waals surface area (Å²) in [6.07, 6.45) is 19.1. The monoisotopic (exact) mass is 380 g/mol. The number of hydrogen-bond donors (Lipinski definition) is 0. The molecule has 5 aliphatic carbocycles. The van der Waals surface area contributed by atoms with Crippen molar-refractivity contribution in [1.82, 2.24) is 0 Å². The van der Waals surface area contributed by atoms with Crippen molar-refractivity contribution in [2.75, 3.05) is 0 Å². The van der Waals surface area contributed by atoms with Crippen molar-refractivity contribution in [1.29, 1.82) is 0 Å². The molecule has 0 aliphatic heterocycles. The van der Waals surface area contributed by atoms with Crippen LogP contribution in [0.1, 0.15) is 77.6 Å². The number of esters is 1. The van der Waals surface area contributed by atoms with Gasteiger partial charge in [-0.15, -0.1) is 6.42 Å². The smallest absolute Gasteiger partial charge is 0.310 e. The van der Waals surface area contributed by atoms with E-state index in [4.69, 9.17) is 11.2 Å². The molecule has 3 heteroatoms. The second-order valence-electron chi connectivity index (χ2n) is 10.1. The first kappa shape index (κ1) is 18.5. The lowest BCUT2D eigenvalue weighted by atomic mass is 9.49. The number of ketones is 1. The lowest BCUT2D eigenvalue weighted by Gasteiger charge is -2.56. The second-order valence-corrected chi connectivity index (χ2v) is 10.1. The number of hydrogen-bond acceptors (Lipinski definition) is 3. The molecule has 28 heavy (non-hydrogen) atoms. The third-order valence-corrected chi connectivity index (χ3v) is 9.17. The highest BCUT2D eigenvalue weighted by Crippen LogP contribution is 2.67. The van der Waals surface area contributed by atoms with Crippen LogP contribution in [0.15, 0.2) is 11.6 Å². The minimum Gasteiger partial charge on any atom is -0.445 e. The maximum Gasteiger partial charge on any atom is 0.310 e. The summed E-state index contributed by atoms with van der Waals surface area (Å²) >= 11 is 0. The van der Waals surface area contributed by atoms with E-state index < -0.39 is 5.60 Å². The zero-order chi connectivity index (χ0) is 19.5. The summed E-state index contributed by atoms with van der Waals surface area (Å²) in [7, 11) is 0. The number of carbonyl (C=O) groups excluding carboxylic acids is 2. The molecule has 4 fully saturated rings. The van der Waals surface area contributed by atoms with Gasteiger partial charge in [-0.25, -0.2) is 0 Å². The van der Waals surface area contributed by atoms with Gasteiger partial charge in [-0.2, -0.15) is 0 Å². The molecule has 0 aromatic carbocycles. The maximum atomic E-state index is 12.6. The van der Waals surface area contributed by atoms with Crippen LogP contribution in [0.25, 0.3) is 0 Å². The first-order chi connectivity index (χ1) is 13.5. The maximum absolute atomic E-state index is 12.6. The van der Waals surface area contributed by atoms with E-state index >= 15 is 0 Å². The Morgan fingerprint density at radius 2 is 1.96 bits per heavy atom. The Morgan fingerprint density at radius 1 is 1.14 bits per heavy atom. The van der Waals surface area contributed by atoms with Crippen molar-refractivity contribution in [3.05, 3.63) is 11.6 Å². The average molecular weight is 381 g/mol. The van der Waals surface area contributed by atoms with Gasteiger partial charge in [-0.1, -0.05) is 18.4 Å². The molecular formula is C25H32O3. The van der Waals surface area contributed by atoms with Crippen LogP contribution in [0.4, 0.5) is 0 Å². The highest BCUT2D eigenvalue weighted by atomic mass is 16.6. The summed E-state index contributed by atoms with van der Waals surface area (Å²) in [5.74, 6) is 5.91.